The van der Waals surface area contributed by atoms with Gasteiger partial charge in [-0.25, -0.2) is 26.6 Å². The molecule has 0 radical (unpaired) electrons. The van der Waals surface area contributed by atoms with E-state index in [2.05, 4.69) is 15.5 Å². The summed E-state index contributed by atoms with van der Waals surface area (Å²) in [5, 5.41) is 9.67. The minimum Gasteiger partial charge on any atom is -0.321 e. The molecule has 0 spiro atoms. The number of rotatable bonds is 7. The molecule has 2 aromatic heterocycles. The number of hydrogen-bond donors (Lipinski definition) is 1. The van der Waals surface area contributed by atoms with Crippen molar-refractivity contribution in [1.29, 1.82) is 0 Å². The average Bonchev–Trinajstić information content (AvgIpc) is 3.21. The summed E-state index contributed by atoms with van der Waals surface area (Å²) in [6.07, 6.45) is -6.41. The highest BCUT2D eigenvalue weighted by atomic mass is 35.5. The molecule has 13 heteroatoms. The number of carbonyl (C=O) groups excluding carboxylic acids is 1. The normalized spacial score (nSPS) is 12.6. The predicted octanol–water partition coefficient (Wildman–Crippen LogP) is 6.27. The highest BCUT2D eigenvalue weighted by molar-refractivity contribution is 6.32. The van der Waals surface area contributed by atoms with Crippen molar-refractivity contribution >= 4 is 34.8 Å². The standard InChI is InChI=1S/C20H18Cl2F5N5O/c1-8-15(9(2)31(29-8)7-11-4-5-12(23)6-13(11)21)28-20(33)10(3)32-17(19(26)27)14(22)16(30-32)18(24)25/h4-6,10,18-19H,7H2,1-3H3,(H,28,33). The predicted molar refractivity (Wildman–Crippen MR) is 113 cm³/mol. The maximum Gasteiger partial charge on any atom is 0.283 e. The van der Waals surface area contributed by atoms with Gasteiger partial charge in [-0.2, -0.15) is 10.2 Å². The lowest BCUT2D eigenvalue weighted by molar-refractivity contribution is -0.119. The zero-order valence-corrected chi connectivity index (χ0v) is 19.0. The number of hydrogen-bond acceptors (Lipinski definition) is 3. The number of aromatic nitrogens is 4. The second-order valence-corrected chi connectivity index (χ2v) is 8.02. The molecule has 1 unspecified atom stereocenters. The van der Waals surface area contributed by atoms with Crippen molar-refractivity contribution < 1.29 is 26.7 Å². The van der Waals surface area contributed by atoms with Gasteiger partial charge in [0.1, 0.15) is 23.2 Å². The van der Waals surface area contributed by atoms with Crippen molar-refractivity contribution in [1.82, 2.24) is 19.6 Å². The molecule has 0 aliphatic carbocycles. The van der Waals surface area contributed by atoms with Gasteiger partial charge in [0, 0.05) is 5.02 Å². The van der Waals surface area contributed by atoms with Crippen molar-refractivity contribution in [3.8, 4) is 0 Å². The number of nitrogens with one attached hydrogen (secondary N) is 1. The average molecular weight is 510 g/mol. The Balaban J connectivity index is 1.87. The van der Waals surface area contributed by atoms with E-state index in [0.717, 1.165) is 6.07 Å². The van der Waals surface area contributed by atoms with Crippen LogP contribution in [0.3, 0.4) is 0 Å². The van der Waals surface area contributed by atoms with E-state index in [1.165, 1.54) is 23.7 Å². The van der Waals surface area contributed by atoms with Crippen molar-refractivity contribution in [3.63, 3.8) is 0 Å². The molecule has 33 heavy (non-hydrogen) atoms. The van der Waals surface area contributed by atoms with Gasteiger partial charge in [-0.05, 0) is 38.5 Å². The molecule has 0 bridgehead atoms. The van der Waals surface area contributed by atoms with E-state index in [1.807, 2.05) is 0 Å². The maximum absolute atomic E-state index is 13.4. The summed E-state index contributed by atoms with van der Waals surface area (Å²) >= 11 is 11.7. The van der Waals surface area contributed by atoms with Gasteiger partial charge in [0.05, 0.1) is 28.6 Å². The first kappa shape index (κ1) is 25.0. The van der Waals surface area contributed by atoms with E-state index in [-0.39, 0.29) is 11.6 Å². The van der Waals surface area contributed by atoms with Crippen LogP contribution in [0.25, 0.3) is 0 Å². The Hall–Kier alpha value is -2.66. The second kappa shape index (κ2) is 9.68. The molecule has 1 N–H and O–H groups in total. The summed E-state index contributed by atoms with van der Waals surface area (Å²) in [6.45, 7) is 4.68. The summed E-state index contributed by atoms with van der Waals surface area (Å²) in [5.41, 5.74) is -0.188. The lowest BCUT2D eigenvalue weighted by atomic mass is 10.2. The van der Waals surface area contributed by atoms with Gasteiger partial charge < -0.3 is 5.32 Å². The quantitative estimate of drug-likeness (QED) is 0.382. The Morgan fingerprint density at radius 1 is 1.12 bits per heavy atom. The number of aryl methyl sites for hydroxylation is 1. The molecule has 1 amide bonds. The fraction of sp³-hybridized carbons (Fsp3) is 0.350. The van der Waals surface area contributed by atoms with Gasteiger partial charge >= 0.3 is 0 Å². The third-order valence-electron chi connectivity index (χ3n) is 5.04. The van der Waals surface area contributed by atoms with E-state index in [1.54, 1.807) is 13.8 Å². The van der Waals surface area contributed by atoms with Crippen LogP contribution in [0, 0.1) is 19.7 Å². The number of nitrogens with zero attached hydrogens (tertiary/aromatic N) is 4. The summed E-state index contributed by atoms with van der Waals surface area (Å²) in [7, 11) is 0. The minimum absolute atomic E-state index is 0.180. The monoisotopic (exact) mass is 509 g/mol. The van der Waals surface area contributed by atoms with Gasteiger partial charge in [-0.3, -0.25) is 9.48 Å². The molecule has 3 rings (SSSR count). The molecule has 3 aromatic rings. The second-order valence-electron chi connectivity index (χ2n) is 7.23. The fourth-order valence-electron chi connectivity index (χ4n) is 3.26. The summed E-state index contributed by atoms with van der Waals surface area (Å²) in [5.74, 6) is -1.28. The smallest absolute Gasteiger partial charge is 0.283 e. The number of anilines is 1. The molecule has 0 saturated carbocycles. The molecular formula is C20H18Cl2F5N5O. The highest BCUT2D eigenvalue weighted by Crippen LogP contribution is 2.36. The lowest BCUT2D eigenvalue weighted by Gasteiger charge is -2.16. The highest BCUT2D eigenvalue weighted by Gasteiger charge is 2.32. The van der Waals surface area contributed by atoms with Crippen LogP contribution in [-0.2, 0) is 11.3 Å². The molecule has 1 aromatic carbocycles. The van der Waals surface area contributed by atoms with E-state index in [4.69, 9.17) is 23.2 Å². The first-order valence-electron chi connectivity index (χ1n) is 9.55. The minimum atomic E-state index is -3.22. The largest absolute Gasteiger partial charge is 0.321 e. The molecule has 0 fully saturated rings. The Morgan fingerprint density at radius 3 is 2.36 bits per heavy atom. The van der Waals surface area contributed by atoms with E-state index in [0.29, 0.717) is 27.3 Å². The molecule has 1 atom stereocenters. The third-order valence-corrected chi connectivity index (χ3v) is 5.78. The molecule has 0 aliphatic rings. The number of amides is 1. The van der Waals surface area contributed by atoms with Crippen molar-refractivity contribution in [2.24, 2.45) is 0 Å². The van der Waals surface area contributed by atoms with E-state index in [9.17, 15) is 26.7 Å². The first-order valence-corrected chi connectivity index (χ1v) is 10.3. The van der Waals surface area contributed by atoms with Gasteiger partial charge in [0.2, 0.25) is 5.91 Å². The van der Waals surface area contributed by atoms with Crippen LogP contribution in [0.2, 0.25) is 10.0 Å². The van der Waals surface area contributed by atoms with Crippen LogP contribution < -0.4 is 5.32 Å². The van der Waals surface area contributed by atoms with Crippen molar-refractivity contribution in [2.75, 3.05) is 5.32 Å². The number of carbonyl (C=O) groups is 1. The zero-order chi connectivity index (χ0) is 24.6. The molecular weight excluding hydrogens is 492 g/mol. The number of benzene rings is 1. The van der Waals surface area contributed by atoms with Crippen LogP contribution in [0.4, 0.5) is 27.6 Å². The van der Waals surface area contributed by atoms with Crippen LogP contribution in [0.15, 0.2) is 18.2 Å². The summed E-state index contributed by atoms with van der Waals surface area (Å²) in [6, 6.07) is 2.53. The Kier molecular flexibility index (Phi) is 7.32. The van der Waals surface area contributed by atoms with Crippen molar-refractivity contribution in [3.05, 3.63) is 62.4 Å². The fourth-order valence-corrected chi connectivity index (χ4v) is 3.77. The lowest BCUT2D eigenvalue weighted by Crippen LogP contribution is -2.26. The summed E-state index contributed by atoms with van der Waals surface area (Å²) in [4.78, 5) is 12.8. The Morgan fingerprint density at radius 2 is 1.79 bits per heavy atom. The van der Waals surface area contributed by atoms with Crippen LogP contribution in [0.5, 0.6) is 0 Å². The number of halogens is 7. The number of alkyl halides is 4. The first-order chi connectivity index (χ1) is 15.4. The maximum atomic E-state index is 13.4. The van der Waals surface area contributed by atoms with Crippen molar-refractivity contribution in [2.45, 2.75) is 46.2 Å². The molecule has 6 nitrogen and oxygen atoms in total. The van der Waals surface area contributed by atoms with Gasteiger partial charge in [-0.1, -0.05) is 29.3 Å². The zero-order valence-electron chi connectivity index (χ0n) is 17.5. The third kappa shape index (κ3) is 4.98. The molecule has 178 valence electrons. The van der Waals surface area contributed by atoms with Crippen LogP contribution in [0.1, 0.15) is 54.2 Å². The van der Waals surface area contributed by atoms with Crippen LogP contribution in [-0.4, -0.2) is 25.5 Å². The van der Waals surface area contributed by atoms with Gasteiger partial charge in [0.25, 0.3) is 12.9 Å². The van der Waals surface area contributed by atoms with Crippen LogP contribution >= 0.6 is 23.2 Å². The molecule has 0 saturated heterocycles. The SMILES string of the molecule is Cc1nn(Cc2ccc(F)cc2Cl)c(C)c1NC(=O)C(C)n1nc(C(F)F)c(Cl)c1C(F)F. The molecule has 0 aliphatic heterocycles. The molecule has 2 heterocycles. The van der Waals surface area contributed by atoms with Gasteiger partial charge in [-0.15, -0.1) is 0 Å². The van der Waals surface area contributed by atoms with E-state index < -0.39 is 47.0 Å². The van der Waals surface area contributed by atoms with Gasteiger partial charge in [0.15, 0.2) is 0 Å². The van der Waals surface area contributed by atoms with E-state index >= 15 is 0 Å². The Bertz CT molecular complexity index is 1190. The topological polar surface area (TPSA) is 64.7 Å². The Labute approximate surface area is 195 Å². The summed E-state index contributed by atoms with van der Waals surface area (Å²) < 4.78 is 68.4.